The van der Waals surface area contributed by atoms with Crippen molar-refractivity contribution >= 4 is 23.4 Å². The van der Waals surface area contributed by atoms with Gasteiger partial charge in [0, 0.05) is 45.3 Å². The van der Waals surface area contributed by atoms with Crippen LogP contribution in [0.4, 0.5) is 16.3 Å². The number of nitrogens with zero attached hydrogens (tertiary/aromatic N) is 3. The summed E-state index contributed by atoms with van der Waals surface area (Å²) in [5, 5.41) is 5.88. The number of rotatable bonds is 3. The Morgan fingerprint density at radius 3 is 2.84 bits per heavy atom. The van der Waals surface area contributed by atoms with Crippen molar-refractivity contribution in [1.29, 1.82) is 0 Å². The van der Waals surface area contributed by atoms with Crippen LogP contribution >= 0.6 is 0 Å². The van der Waals surface area contributed by atoms with E-state index >= 15 is 0 Å². The van der Waals surface area contributed by atoms with Gasteiger partial charge in [-0.25, -0.2) is 9.78 Å². The summed E-state index contributed by atoms with van der Waals surface area (Å²) in [5.74, 6) is 0.712. The summed E-state index contributed by atoms with van der Waals surface area (Å²) in [6, 6.07) is 3.54. The molecule has 0 spiro atoms. The zero-order valence-corrected chi connectivity index (χ0v) is 14.5. The Morgan fingerprint density at radius 1 is 1.28 bits per heavy atom. The molecule has 2 aliphatic heterocycles. The molecule has 3 heterocycles. The minimum Gasteiger partial charge on any atom is -0.378 e. The van der Waals surface area contributed by atoms with Gasteiger partial charge in [0.15, 0.2) is 5.82 Å². The summed E-state index contributed by atoms with van der Waals surface area (Å²) in [7, 11) is 0. The molecule has 3 amide bonds. The lowest BCUT2D eigenvalue weighted by Gasteiger charge is -2.34. The number of pyridine rings is 1. The highest BCUT2D eigenvalue weighted by molar-refractivity contribution is 5.92. The molecule has 136 valence electrons. The van der Waals surface area contributed by atoms with Crippen LogP contribution in [-0.4, -0.2) is 67.3 Å². The summed E-state index contributed by atoms with van der Waals surface area (Å²) in [6.07, 6.45) is 3.51. The molecule has 0 saturated carbocycles. The minimum atomic E-state index is -0.155. The molecule has 8 nitrogen and oxygen atoms in total. The molecule has 1 atom stereocenters. The number of ether oxygens (including phenoxy) is 1. The van der Waals surface area contributed by atoms with E-state index in [1.165, 1.54) is 6.92 Å². The summed E-state index contributed by atoms with van der Waals surface area (Å²) in [5.41, 5.74) is 0.705. The lowest BCUT2D eigenvalue weighted by molar-refractivity contribution is -0.119. The van der Waals surface area contributed by atoms with E-state index < -0.39 is 0 Å². The largest absolute Gasteiger partial charge is 0.378 e. The van der Waals surface area contributed by atoms with Gasteiger partial charge in [0.25, 0.3) is 0 Å². The second kappa shape index (κ2) is 8.15. The van der Waals surface area contributed by atoms with Crippen LogP contribution < -0.4 is 15.5 Å². The zero-order chi connectivity index (χ0) is 17.6. The fraction of sp³-hybridized carbons (Fsp3) is 0.588. The van der Waals surface area contributed by atoms with Gasteiger partial charge in [-0.2, -0.15) is 0 Å². The SMILES string of the molecule is CC(=O)NC1CCCN(C(=O)Nc2cccnc2N2CCOCC2)C1. The number of morpholine rings is 1. The first kappa shape index (κ1) is 17.5. The van der Waals surface area contributed by atoms with Gasteiger partial charge in [-0.15, -0.1) is 0 Å². The number of nitrogens with one attached hydrogen (secondary N) is 2. The van der Waals surface area contributed by atoms with Crippen molar-refractivity contribution in [1.82, 2.24) is 15.2 Å². The van der Waals surface area contributed by atoms with Crippen molar-refractivity contribution in [2.45, 2.75) is 25.8 Å². The number of carbonyl (C=O) groups is 2. The number of hydrogen-bond acceptors (Lipinski definition) is 5. The Hall–Kier alpha value is -2.35. The van der Waals surface area contributed by atoms with Crippen LogP contribution in [-0.2, 0) is 9.53 Å². The van der Waals surface area contributed by atoms with Gasteiger partial charge in [0.1, 0.15) is 0 Å². The minimum absolute atomic E-state index is 0.0182. The molecule has 1 aromatic heterocycles. The number of hydrogen-bond donors (Lipinski definition) is 2. The molecule has 1 unspecified atom stereocenters. The number of amides is 3. The van der Waals surface area contributed by atoms with Crippen molar-refractivity contribution < 1.29 is 14.3 Å². The Morgan fingerprint density at radius 2 is 2.08 bits per heavy atom. The highest BCUT2D eigenvalue weighted by Crippen LogP contribution is 2.24. The van der Waals surface area contributed by atoms with Crippen molar-refractivity contribution in [3.05, 3.63) is 18.3 Å². The molecule has 1 aromatic rings. The lowest BCUT2D eigenvalue weighted by atomic mass is 10.1. The molecular weight excluding hydrogens is 322 g/mol. The smallest absolute Gasteiger partial charge is 0.322 e. The first-order valence-corrected chi connectivity index (χ1v) is 8.74. The summed E-state index contributed by atoms with van der Waals surface area (Å²) < 4.78 is 5.38. The van der Waals surface area contributed by atoms with Crippen molar-refractivity contribution in [2.75, 3.05) is 49.6 Å². The number of likely N-dealkylation sites (tertiary alicyclic amines) is 1. The van der Waals surface area contributed by atoms with Crippen LogP contribution in [0.2, 0.25) is 0 Å². The fourth-order valence-electron chi connectivity index (χ4n) is 3.28. The second-order valence-electron chi connectivity index (χ2n) is 6.39. The second-order valence-corrected chi connectivity index (χ2v) is 6.39. The van der Waals surface area contributed by atoms with Gasteiger partial charge in [0.05, 0.1) is 18.9 Å². The highest BCUT2D eigenvalue weighted by atomic mass is 16.5. The van der Waals surface area contributed by atoms with Gasteiger partial charge in [-0.3, -0.25) is 4.79 Å². The average molecular weight is 347 g/mol. The van der Waals surface area contributed by atoms with Crippen molar-refractivity contribution in [2.24, 2.45) is 0 Å². The number of urea groups is 1. The van der Waals surface area contributed by atoms with Crippen molar-refractivity contribution in [3.63, 3.8) is 0 Å². The third-order valence-corrected chi connectivity index (χ3v) is 4.45. The monoisotopic (exact) mass is 347 g/mol. The maximum Gasteiger partial charge on any atom is 0.322 e. The number of piperidine rings is 1. The first-order valence-electron chi connectivity index (χ1n) is 8.74. The van der Waals surface area contributed by atoms with Gasteiger partial charge in [-0.1, -0.05) is 0 Å². The standard InChI is InChI=1S/C17H25N5O3/c1-13(23)19-14-4-3-7-22(12-14)17(24)20-15-5-2-6-18-16(15)21-8-10-25-11-9-21/h2,5-6,14H,3-4,7-12H2,1H3,(H,19,23)(H,20,24). The number of aromatic nitrogens is 1. The molecule has 25 heavy (non-hydrogen) atoms. The molecule has 2 saturated heterocycles. The van der Waals surface area contributed by atoms with E-state index in [0.717, 1.165) is 31.7 Å². The quantitative estimate of drug-likeness (QED) is 0.853. The molecule has 0 radical (unpaired) electrons. The summed E-state index contributed by atoms with van der Waals surface area (Å²) >= 11 is 0. The predicted octanol–water partition coefficient (Wildman–Crippen LogP) is 1.05. The van der Waals surface area contributed by atoms with Crippen LogP contribution in [0.5, 0.6) is 0 Å². The maximum atomic E-state index is 12.7. The topological polar surface area (TPSA) is 86.8 Å². The van der Waals surface area contributed by atoms with E-state index in [9.17, 15) is 9.59 Å². The molecule has 2 aliphatic rings. The van der Waals surface area contributed by atoms with E-state index in [4.69, 9.17) is 4.74 Å². The highest BCUT2D eigenvalue weighted by Gasteiger charge is 2.25. The van der Waals surface area contributed by atoms with Crippen LogP contribution in [0.15, 0.2) is 18.3 Å². The normalized spacial score (nSPS) is 20.9. The van der Waals surface area contributed by atoms with Gasteiger partial charge in [0.2, 0.25) is 5.91 Å². The van der Waals surface area contributed by atoms with E-state index in [1.807, 2.05) is 12.1 Å². The molecule has 2 fully saturated rings. The molecule has 0 aliphatic carbocycles. The number of carbonyl (C=O) groups excluding carboxylic acids is 2. The van der Waals surface area contributed by atoms with Crippen LogP contribution in [0.3, 0.4) is 0 Å². The average Bonchev–Trinajstić information content (AvgIpc) is 2.62. The van der Waals surface area contributed by atoms with Gasteiger partial charge < -0.3 is 25.2 Å². The third kappa shape index (κ3) is 4.60. The van der Waals surface area contributed by atoms with Crippen molar-refractivity contribution in [3.8, 4) is 0 Å². The zero-order valence-electron chi connectivity index (χ0n) is 14.5. The van der Waals surface area contributed by atoms with Gasteiger partial charge >= 0.3 is 6.03 Å². The van der Waals surface area contributed by atoms with Crippen LogP contribution in [0.1, 0.15) is 19.8 Å². The van der Waals surface area contributed by atoms with Crippen LogP contribution in [0, 0.1) is 0 Å². The molecule has 8 heteroatoms. The first-order chi connectivity index (χ1) is 12.1. The maximum absolute atomic E-state index is 12.7. The molecule has 3 rings (SSSR count). The number of anilines is 2. The Balaban J connectivity index is 1.65. The Labute approximate surface area is 147 Å². The predicted molar refractivity (Wildman–Crippen MR) is 94.7 cm³/mol. The third-order valence-electron chi connectivity index (χ3n) is 4.45. The molecular formula is C17H25N5O3. The van der Waals surface area contributed by atoms with E-state index in [-0.39, 0.29) is 18.0 Å². The van der Waals surface area contributed by atoms with Gasteiger partial charge in [-0.05, 0) is 25.0 Å². The van der Waals surface area contributed by atoms with E-state index in [1.54, 1.807) is 11.1 Å². The van der Waals surface area contributed by atoms with Crippen LogP contribution in [0.25, 0.3) is 0 Å². The van der Waals surface area contributed by atoms with E-state index in [2.05, 4.69) is 20.5 Å². The summed E-state index contributed by atoms with van der Waals surface area (Å²) in [4.78, 5) is 32.2. The Bertz CT molecular complexity index is 618. The molecule has 2 N–H and O–H groups in total. The molecule has 0 aromatic carbocycles. The van der Waals surface area contributed by atoms with E-state index in [0.29, 0.717) is 32.0 Å². The molecule has 0 bridgehead atoms. The Kier molecular flexibility index (Phi) is 5.70. The summed E-state index contributed by atoms with van der Waals surface area (Å²) in [6.45, 7) is 5.56. The fourth-order valence-corrected chi connectivity index (χ4v) is 3.28. The lowest BCUT2D eigenvalue weighted by Crippen LogP contribution is -2.50.